The van der Waals surface area contributed by atoms with Gasteiger partial charge in [0.2, 0.25) is 11.8 Å². The first-order valence-corrected chi connectivity index (χ1v) is 16.5. The molecular weight excluding hydrogens is 593 g/mol. The molecule has 10 heteroatoms. The van der Waals surface area contributed by atoms with E-state index in [9.17, 15) is 18.0 Å². The molecule has 1 fully saturated rings. The molecule has 0 radical (unpaired) electrons. The molecule has 1 aliphatic rings. The molecule has 0 bridgehead atoms. The van der Waals surface area contributed by atoms with E-state index in [0.29, 0.717) is 22.0 Å². The van der Waals surface area contributed by atoms with Crippen molar-refractivity contribution in [3.8, 4) is 0 Å². The Hall–Kier alpha value is -3.07. The maximum absolute atomic E-state index is 14.2. The minimum absolute atomic E-state index is 0.0422. The van der Waals surface area contributed by atoms with Crippen LogP contribution in [0.1, 0.15) is 56.6 Å². The fourth-order valence-corrected chi connectivity index (χ4v) is 7.06. The van der Waals surface area contributed by atoms with Gasteiger partial charge in [0.25, 0.3) is 10.0 Å². The van der Waals surface area contributed by atoms with Gasteiger partial charge in [-0.2, -0.15) is 0 Å². The summed E-state index contributed by atoms with van der Waals surface area (Å²) in [4.78, 5) is 29.3. The Morgan fingerprint density at radius 3 is 2.29 bits per heavy atom. The van der Waals surface area contributed by atoms with E-state index in [-0.39, 0.29) is 29.1 Å². The zero-order chi connectivity index (χ0) is 30.3. The standard InChI is InChI=1S/C32H37Cl2N3O4S/c1-3-30(32(39)35-26-12-5-4-6-13-26)36(21-24-10-7-8-15-29(24)34)31(38)22-37(27-14-9-11-25(33)20-27)42(40,41)28-18-16-23(2)17-19-28/h7-11,14-20,26,30H,3-6,12-13,21-22H2,1-2H3,(H,35,39)/t30-/m1/s1. The van der Waals surface area contributed by atoms with Crippen LogP contribution in [0.3, 0.4) is 0 Å². The number of benzene rings is 3. The van der Waals surface area contributed by atoms with E-state index in [0.717, 1.165) is 42.0 Å². The van der Waals surface area contributed by atoms with Crippen molar-refractivity contribution in [1.29, 1.82) is 0 Å². The fraction of sp³-hybridized carbons (Fsp3) is 0.375. The van der Waals surface area contributed by atoms with Crippen molar-refractivity contribution in [3.05, 3.63) is 94.0 Å². The number of hydrogen-bond donors (Lipinski definition) is 1. The van der Waals surface area contributed by atoms with Gasteiger partial charge in [-0.25, -0.2) is 8.42 Å². The quantitative estimate of drug-likeness (QED) is 0.254. The van der Waals surface area contributed by atoms with Crippen LogP contribution >= 0.6 is 23.2 Å². The Kier molecular flexibility index (Phi) is 10.9. The predicted octanol–water partition coefficient (Wildman–Crippen LogP) is 6.75. The molecule has 0 saturated heterocycles. The normalized spacial score (nSPS) is 14.7. The molecule has 1 aliphatic carbocycles. The molecule has 0 unspecified atom stereocenters. The Balaban J connectivity index is 1.71. The fourth-order valence-electron chi connectivity index (χ4n) is 5.27. The number of halogens is 2. The number of sulfonamides is 1. The van der Waals surface area contributed by atoms with Crippen LogP contribution in [0.4, 0.5) is 5.69 Å². The number of carbonyl (C=O) groups is 2. The Labute approximate surface area is 258 Å². The lowest BCUT2D eigenvalue weighted by Crippen LogP contribution is -2.54. The number of hydrogen-bond acceptors (Lipinski definition) is 4. The van der Waals surface area contributed by atoms with Crippen LogP contribution in [0.5, 0.6) is 0 Å². The van der Waals surface area contributed by atoms with Crippen LogP contribution in [0.25, 0.3) is 0 Å². The smallest absolute Gasteiger partial charge is 0.264 e. The minimum Gasteiger partial charge on any atom is -0.352 e. The summed E-state index contributed by atoms with van der Waals surface area (Å²) in [5.41, 5.74) is 1.81. The van der Waals surface area contributed by atoms with Gasteiger partial charge in [-0.05, 0) is 68.1 Å². The number of rotatable bonds is 11. The highest BCUT2D eigenvalue weighted by Crippen LogP contribution is 2.28. The zero-order valence-corrected chi connectivity index (χ0v) is 26.3. The molecule has 1 saturated carbocycles. The van der Waals surface area contributed by atoms with E-state index >= 15 is 0 Å². The van der Waals surface area contributed by atoms with Crippen molar-refractivity contribution in [1.82, 2.24) is 10.2 Å². The highest BCUT2D eigenvalue weighted by Gasteiger charge is 2.34. The molecular formula is C32H37Cl2N3O4S. The molecule has 0 aliphatic heterocycles. The largest absolute Gasteiger partial charge is 0.352 e. The van der Waals surface area contributed by atoms with Gasteiger partial charge >= 0.3 is 0 Å². The monoisotopic (exact) mass is 629 g/mol. The second kappa shape index (κ2) is 14.4. The van der Waals surface area contributed by atoms with Crippen LogP contribution in [0.2, 0.25) is 10.0 Å². The van der Waals surface area contributed by atoms with Gasteiger partial charge in [-0.1, -0.05) is 91.3 Å². The summed E-state index contributed by atoms with van der Waals surface area (Å²) in [6, 6.07) is 19.2. The van der Waals surface area contributed by atoms with Crippen molar-refractivity contribution >= 4 is 50.7 Å². The molecule has 42 heavy (non-hydrogen) atoms. The Morgan fingerprint density at radius 2 is 1.64 bits per heavy atom. The summed E-state index contributed by atoms with van der Waals surface area (Å²) in [7, 11) is -4.17. The van der Waals surface area contributed by atoms with Crippen LogP contribution in [0, 0.1) is 6.92 Å². The van der Waals surface area contributed by atoms with Gasteiger partial charge < -0.3 is 10.2 Å². The summed E-state index contributed by atoms with van der Waals surface area (Å²) in [5.74, 6) is -0.781. The molecule has 3 aromatic rings. The zero-order valence-electron chi connectivity index (χ0n) is 23.9. The number of aryl methyl sites for hydroxylation is 1. The molecule has 1 atom stereocenters. The Morgan fingerprint density at radius 1 is 0.952 bits per heavy atom. The molecule has 3 aromatic carbocycles. The summed E-state index contributed by atoms with van der Waals surface area (Å²) < 4.78 is 29.0. The first-order valence-electron chi connectivity index (χ1n) is 14.3. The van der Waals surface area contributed by atoms with Gasteiger partial charge in [0.1, 0.15) is 12.6 Å². The third-order valence-electron chi connectivity index (χ3n) is 7.62. The predicted molar refractivity (Wildman–Crippen MR) is 168 cm³/mol. The van der Waals surface area contributed by atoms with Gasteiger partial charge in [0.15, 0.2) is 0 Å². The third-order valence-corrected chi connectivity index (χ3v) is 10.0. The minimum atomic E-state index is -4.17. The van der Waals surface area contributed by atoms with Gasteiger partial charge in [0, 0.05) is 22.6 Å². The summed E-state index contributed by atoms with van der Waals surface area (Å²) in [6.45, 7) is 3.22. The van der Waals surface area contributed by atoms with Gasteiger partial charge in [-0.15, -0.1) is 0 Å². The van der Waals surface area contributed by atoms with E-state index in [1.165, 1.54) is 23.1 Å². The van der Waals surface area contributed by atoms with Crippen molar-refractivity contribution < 1.29 is 18.0 Å². The summed E-state index contributed by atoms with van der Waals surface area (Å²) in [6.07, 6.45) is 5.40. The lowest BCUT2D eigenvalue weighted by atomic mass is 9.95. The van der Waals surface area contributed by atoms with Gasteiger partial charge in [0.05, 0.1) is 10.6 Å². The maximum atomic E-state index is 14.2. The molecule has 0 spiro atoms. The summed E-state index contributed by atoms with van der Waals surface area (Å²) in [5, 5.41) is 3.93. The Bertz CT molecular complexity index is 1490. The topological polar surface area (TPSA) is 86.8 Å². The average molecular weight is 631 g/mol. The lowest BCUT2D eigenvalue weighted by Gasteiger charge is -2.34. The lowest BCUT2D eigenvalue weighted by molar-refractivity contribution is -0.140. The number of nitrogens with one attached hydrogen (secondary N) is 1. The molecule has 4 rings (SSSR count). The van der Waals surface area contributed by atoms with Crippen LogP contribution in [0.15, 0.2) is 77.7 Å². The molecule has 224 valence electrons. The van der Waals surface area contributed by atoms with Crippen LogP contribution in [-0.4, -0.2) is 43.8 Å². The van der Waals surface area contributed by atoms with Crippen molar-refractivity contribution in [2.75, 3.05) is 10.8 Å². The first kappa shape index (κ1) is 31.9. The second-order valence-electron chi connectivity index (χ2n) is 10.7. The molecule has 2 amide bonds. The van der Waals surface area contributed by atoms with Crippen LogP contribution < -0.4 is 9.62 Å². The van der Waals surface area contributed by atoms with Crippen molar-refractivity contribution in [3.63, 3.8) is 0 Å². The van der Waals surface area contributed by atoms with E-state index in [1.54, 1.807) is 48.5 Å². The maximum Gasteiger partial charge on any atom is 0.264 e. The molecule has 7 nitrogen and oxygen atoms in total. The summed E-state index contributed by atoms with van der Waals surface area (Å²) >= 11 is 12.7. The van der Waals surface area contributed by atoms with E-state index < -0.39 is 28.5 Å². The van der Waals surface area contributed by atoms with Gasteiger partial charge in [-0.3, -0.25) is 13.9 Å². The third kappa shape index (κ3) is 7.85. The number of nitrogens with zero attached hydrogens (tertiary/aromatic N) is 2. The molecule has 0 heterocycles. The van der Waals surface area contributed by atoms with E-state index in [2.05, 4.69) is 5.32 Å². The average Bonchev–Trinajstić information content (AvgIpc) is 2.97. The SMILES string of the molecule is CC[C@H](C(=O)NC1CCCCC1)N(Cc1ccccc1Cl)C(=O)CN(c1cccc(Cl)c1)S(=O)(=O)c1ccc(C)cc1. The molecule has 1 N–H and O–H groups in total. The highest BCUT2D eigenvalue weighted by atomic mass is 35.5. The van der Waals surface area contributed by atoms with Crippen molar-refractivity contribution in [2.45, 2.75) is 75.9 Å². The van der Waals surface area contributed by atoms with Crippen LogP contribution in [-0.2, 0) is 26.2 Å². The number of carbonyl (C=O) groups excluding carboxylic acids is 2. The van der Waals surface area contributed by atoms with E-state index in [4.69, 9.17) is 23.2 Å². The van der Waals surface area contributed by atoms with Crippen molar-refractivity contribution in [2.24, 2.45) is 0 Å². The van der Waals surface area contributed by atoms with E-state index in [1.807, 2.05) is 19.9 Å². The number of anilines is 1. The highest BCUT2D eigenvalue weighted by molar-refractivity contribution is 7.92. The molecule has 0 aromatic heterocycles. The second-order valence-corrected chi connectivity index (χ2v) is 13.4. The number of amides is 2. The first-order chi connectivity index (χ1) is 20.1.